The minimum atomic E-state index is -0.573. The largest absolute Gasteiger partial charge is 0.504 e. The first-order valence-corrected chi connectivity index (χ1v) is 8.05. The Morgan fingerprint density at radius 2 is 1.72 bits per heavy atom. The summed E-state index contributed by atoms with van der Waals surface area (Å²) in [6, 6.07) is 0. The lowest BCUT2D eigenvalue weighted by molar-refractivity contribution is 0.0805. The summed E-state index contributed by atoms with van der Waals surface area (Å²) in [4.78, 5) is 25.6. The van der Waals surface area contributed by atoms with E-state index in [1.807, 2.05) is 20.8 Å². The highest BCUT2D eigenvalue weighted by atomic mass is 16.5. The van der Waals surface area contributed by atoms with E-state index in [-0.39, 0.29) is 34.3 Å². The van der Waals surface area contributed by atoms with Gasteiger partial charge in [0.2, 0.25) is 5.75 Å². The lowest BCUT2D eigenvalue weighted by Crippen LogP contribution is -2.35. The molecule has 1 aromatic rings. The van der Waals surface area contributed by atoms with Gasteiger partial charge in [-0.15, -0.1) is 0 Å². The van der Waals surface area contributed by atoms with Gasteiger partial charge in [0, 0.05) is 16.6 Å². The monoisotopic (exact) mass is 342 g/mol. The summed E-state index contributed by atoms with van der Waals surface area (Å²) >= 11 is 0. The molecule has 3 aliphatic rings. The molecule has 1 heterocycles. The van der Waals surface area contributed by atoms with E-state index in [2.05, 4.69) is 0 Å². The van der Waals surface area contributed by atoms with E-state index in [0.29, 0.717) is 11.3 Å². The van der Waals surface area contributed by atoms with E-state index in [1.165, 1.54) is 13.2 Å². The summed E-state index contributed by atoms with van der Waals surface area (Å²) < 4.78 is 11.0. The van der Waals surface area contributed by atoms with Crippen molar-refractivity contribution in [1.82, 2.24) is 0 Å². The van der Waals surface area contributed by atoms with Crippen molar-refractivity contribution in [3.63, 3.8) is 0 Å². The third-order valence-electron chi connectivity index (χ3n) is 5.66. The molecule has 1 aromatic carbocycles. The smallest absolute Gasteiger partial charge is 0.204 e. The molecule has 1 aliphatic heterocycles. The van der Waals surface area contributed by atoms with Crippen LogP contribution in [0.2, 0.25) is 0 Å². The molecule has 0 aromatic heterocycles. The van der Waals surface area contributed by atoms with Gasteiger partial charge in [-0.25, -0.2) is 0 Å². The highest BCUT2D eigenvalue weighted by Gasteiger charge is 2.55. The number of Topliss-reactive ketones (excluding diaryl/α,β-unsaturated/α-hetero) is 1. The number of methoxy groups -OCH3 is 1. The SMILES string of the molecule is COc1c(O)c2c3c(c1O)C(=O)[C@H]1C(=C3C=CC2=O)O[C@@H](C)C1(C)C. The van der Waals surface area contributed by atoms with Crippen LogP contribution in [-0.2, 0) is 4.74 Å². The molecule has 0 bridgehead atoms. The number of phenolic OH excluding ortho intramolecular Hbond substituents is 2. The van der Waals surface area contributed by atoms with Crippen LogP contribution in [0.15, 0.2) is 17.9 Å². The predicted octanol–water partition coefficient (Wildman–Crippen LogP) is 2.83. The average molecular weight is 342 g/mol. The van der Waals surface area contributed by atoms with Gasteiger partial charge in [0.15, 0.2) is 23.1 Å². The first-order chi connectivity index (χ1) is 11.7. The number of ether oxygens (including phenoxy) is 2. The minimum absolute atomic E-state index is 0.0110. The van der Waals surface area contributed by atoms with Gasteiger partial charge >= 0.3 is 0 Å². The number of aromatic hydroxyl groups is 2. The van der Waals surface area contributed by atoms with Gasteiger partial charge < -0.3 is 19.7 Å². The number of fused-ring (bicyclic) bond motifs is 1. The fraction of sp³-hybridized carbons (Fsp3) is 0.368. The van der Waals surface area contributed by atoms with Crippen molar-refractivity contribution in [2.45, 2.75) is 26.9 Å². The van der Waals surface area contributed by atoms with Crippen LogP contribution < -0.4 is 4.74 Å². The average Bonchev–Trinajstić information content (AvgIpc) is 2.77. The third-order valence-corrected chi connectivity index (χ3v) is 5.66. The van der Waals surface area contributed by atoms with Gasteiger partial charge in [0.1, 0.15) is 11.9 Å². The molecule has 4 rings (SSSR count). The quantitative estimate of drug-likeness (QED) is 0.815. The molecule has 2 aliphatic carbocycles. The van der Waals surface area contributed by atoms with Crippen LogP contribution in [0.4, 0.5) is 0 Å². The molecule has 6 heteroatoms. The molecule has 2 N–H and O–H groups in total. The van der Waals surface area contributed by atoms with E-state index in [9.17, 15) is 19.8 Å². The summed E-state index contributed by atoms with van der Waals surface area (Å²) in [5, 5.41) is 21.0. The Kier molecular flexibility index (Phi) is 2.93. The summed E-state index contributed by atoms with van der Waals surface area (Å²) in [7, 11) is 1.26. The fourth-order valence-corrected chi connectivity index (χ4v) is 3.98. The van der Waals surface area contributed by atoms with E-state index < -0.39 is 28.6 Å². The van der Waals surface area contributed by atoms with Crippen molar-refractivity contribution in [3.8, 4) is 17.2 Å². The first kappa shape index (κ1) is 15.7. The van der Waals surface area contributed by atoms with E-state index >= 15 is 0 Å². The van der Waals surface area contributed by atoms with E-state index in [1.54, 1.807) is 6.08 Å². The fourth-order valence-electron chi connectivity index (χ4n) is 3.98. The zero-order valence-corrected chi connectivity index (χ0v) is 14.3. The Hall–Kier alpha value is -2.76. The standard InChI is InChI=1S/C19H18O6/c1-7-19(2,3)13-14(21)12-10-8(17(13)25-7)5-6-9(20)11(10)15(22)18(24-4)16(12)23/h5-7,13,22-23H,1-4H3/t7-,13-/m0/s1. The van der Waals surface area contributed by atoms with Crippen molar-refractivity contribution in [2.24, 2.45) is 11.3 Å². The van der Waals surface area contributed by atoms with Crippen LogP contribution in [0.5, 0.6) is 17.2 Å². The molecule has 0 spiro atoms. The molecule has 0 amide bonds. The van der Waals surface area contributed by atoms with Crippen molar-refractivity contribution < 1.29 is 29.3 Å². The molecule has 1 saturated heterocycles. The molecule has 0 unspecified atom stereocenters. The number of hydrogen-bond acceptors (Lipinski definition) is 6. The van der Waals surface area contributed by atoms with E-state index in [4.69, 9.17) is 9.47 Å². The zero-order chi connectivity index (χ0) is 18.3. The van der Waals surface area contributed by atoms with Gasteiger partial charge in [-0.2, -0.15) is 0 Å². The molecule has 25 heavy (non-hydrogen) atoms. The summed E-state index contributed by atoms with van der Waals surface area (Å²) in [6.45, 7) is 5.76. The summed E-state index contributed by atoms with van der Waals surface area (Å²) in [5.41, 5.74) is 0.271. The number of benzene rings is 1. The number of carbonyl (C=O) groups excluding carboxylic acids is 2. The van der Waals surface area contributed by atoms with Crippen LogP contribution in [0.1, 0.15) is 47.1 Å². The Bertz CT molecular complexity index is 919. The second-order valence-corrected chi connectivity index (χ2v) is 7.21. The predicted molar refractivity (Wildman–Crippen MR) is 88.9 cm³/mol. The maximum absolute atomic E-state index is 13.3. The number of rotatable bonds is 1. The summed E-state index contributed by atoms with van der Waals surface area (Å²) in [5.74, 6) is -2.05. The maximum atomic E-state index is 13.3. The molecule has 2 atom stereocenters. The van der Waals surface area contributed by atoms with Crippen molar-refractivity contribution in [2.75, 3.05) is 7.11 Å². The van der Waals surface area contributed by atoms with Crippen LogP contribution in [0, 0.1) is 11.3 Å². The van der Waals surface area contributed by atoms with Crippen molar-refractivity contribution >= 4 is 17.1 Å². The Labute approximate surface area is 144 Å². The number of hydrogen-bond donors (Lipinski definition) is 2. The molecule has 6 nitrogen and oxygen atoms in total. The molecular weight excluding hydrogens is 324 g/mol. The van der Waals surface area contributed by atoms with Gasteiger partial charge in [0.25, 0.3) is 0 Å². The highest BCUT2D eigenvalue weighted by molar-refractivity contribution is 6.22. The van der Waals surface area contributed by atoms with Crippen LogP contribution >= 0.6 is 0 Å². The number of carbonyl (C=O) groups is 2. The highest BCUT2D eigenvalue weighted by Crippen LogP contribution is 2.58. The second kappa shape index (κ2) is 4.65. The summed E-state index contributed by atoms with van der Waals surface area (Å²) in [6.07, 6.45) is 2.70. The second-order valence-electron chi connectivity index (χ2n) is 7.21. The zero-order valence-electron chi connectivity index (χ0n) is 14.3. The topological polar surface area (TPSA) is 93.1 Å². The normalized spacial score (nSPS) is 25.6. The molecule has 130 valence electrons. The number of allylic oxidation sites excluding steroid dienone is 4. The van der Waals surface area contributed by atoms with Crippen molar-refractivity contribution in [1.29, 1.82) is 0 Å². The first-order valence-electron chi connectivity index (χ1n) is 8.05. The van der Waals surface area contributed by atoms with Crippen LogP contribution in [-0.4, -0.2) is 35.0 Å². The Balaban J connectivity index is 2.16. The lowest BCUT2D eigenvalue weighted by atomic mass is 9.67. The van der Waals surface area contributed by atoms with Crippen molar-refractivity contribution in [3.05, 3.63) is 34.6 Å². The van der Waals surface area contributed by atoms with Gasteiger partial charge in [-0.3, -0.25) is 9.59 Å². The molecule has 0 saturated carbocycles. The third kappa shape index (κ3) is 1.69. The van der Waals surface area contributed by atoms with Gasteiger partial charge in [-0.1, -0.05) is 13.8 Å². The Morgan fingerprint density at radius 1 is 1.08 bits per heavy atom. The minimum Gasteiger partial charge on any atom is -0.504 e. The number of ketones is 2. The maximum Gasteiger partial charge on any atom is 0.204 e. The Morgan fingerprint density at radius 3 is 2.36 bits per heavy atom. The lowest BCUT2D eigenvalue weighted by Gasteiger charge is -2.32. The number of phenols is 2. The molecule has 1 fully saturated rings. The van der Waals surface area contributed by atoms with E-state index in [0.717, 1.165) is 0 Å². The van der Waals surface area contributed by atoms with Crippen LogP contribution in [0.25, 0.3) is 5.57 Å². The van der Waals surface area contributed by atoms with Gasteiger partial charge in [-0.05, 0) is 19.1 Å². The van der Waals surface area contributed by atoms with Gasteiger partial charge in [0.05, 0.1) is 24.2 Å². The molecular formula is C19H18O6. The molecule has 0 radical (unpaired) electrons. The van der Waals surface area contributed by atoms with Crippen LogP contribution in [0.3, 0.4) is 0 Å².